The molecule has 276 valence electrons. The highest BCUT2D eigenvalue weighted by Gasteiger charge is 2.33. The van der Waals surface area contributed by atoms with Gasteiger partial charge < -0.3 is 24.1 Å². The molecule has 0 aromatic heterocycles. The largest absolute Gasteiger partial charge is 0.573 e. The fourth-order valence-corrected chi connectivity index (χ4v) is 6.17. The number of carboxylic acids is 1. The summed E-state index contributed by atoms with van der Waals surface area (Å²) in [5, 5.41) is 8.63. The smallest absolute Gasteiger partial charge is 0.478 e. The van der Waals surface area contributed by atoms with E-state index in [0.29, 0.717) is 17.4 Å². The summed E-state index contributed by atoms with van der Waals surface area (Å²) in [6.45, 7) is 3.50. The first kappa shape index (κ1) is 38.9. The summed E-state index contributed by atoms with van der Waals surface area (Å²) in [7, 11) is 0. The molecule has 0 spiro atoms. The van der Waals surface area contributed by atoms with Gasteiger partial charge >= 0.3 is 18.7 Å². The van der Waals surface area contributed by atoms with E-state index in [4.69, 9.17) is 44.3 Å². The molecule has 0 heterocycles. The number of benzene rings is 4. The van der Waals surface area contributed by atoms with Crippen LogP contribution in [0.3, 0.4) is 0 Å². The average Bonchev–Trinajstić information content (AvgIpc) is 3.94. The summed E-state index contributed by atoms with van der Waals surface area (Å²) >= 11 is 17.7. The van der Waals surface area contributed by atoms with Gasteiger partial charge in [-0.3, -0.25) is 4.79 Å². The topological polar surface area (TPSA) is 91.3 Å². The third kappa shape index (κ3) is 9.96. The number of carbonyl (C=O) groups excluding carboxylic acids is 1. The molecule has 6 rings (SSSR count). The maximum Gasteiger partial charge on any atom is 0.573 e. The van der Waals surface area contributed by atoms with Crippen molar-refractivity contribution in [3.8, 4) is 34.5 Å². The van der Waals surface area contributed by atoms with Crippen molar-refractivity contribution in [2.24, 2.45) is 0 Å². The van der Waals surface area contributed by atoms with Crippen molar-refractivity contribution in [1.29, 1.82) is 0 Å². The van der Waals surface area contributed by atoms with Gasteiger partial charge in [-0.25, -0.2) is 4.79 Å². The second kappa shape index (κ2) is 15.3. The third-order valence-electron chi connectivity index (χ3n) is 8.10. The maximum absolute atomic E-state index is 12.3. The first-order valence-electron chi connectivity index (χ1n) is 15.5. The van der Waals surface area contributed by atoms with E-state index in [0.717, 1.165) is 66.6 Å². The van der Waals surface area contributed by atoms with Crippen LogP contribution in [0.4, 0.5) is 26.3 Å². The zero-order chi connectivity index (χ0) is 38.1. The fraction of sp³-hybridized carbons (Fsp3) is 0.278. The van der Waals surface area contributed by atoms with E-state index >= 15 is 0 Å². The van der Waals surface area contributed by atoms with Gasteiger partial charge in [0.25, 0.3) is 5.24 Å². The Kier molecular flexibility index (Phi) is 11.5. The molecule has 52 heavy (non-hydrogen) atoms. The lowest BCUT2D eigenvalue weighted by Crippen LogP contribution is -2.17. The number of carboxylic acid groups (broad SMARTS) is 1. The number of carbonyl (C=O) groups is 2. The number of ether oxygens (including phenoxy) is 4. The Labute approximate surface area is 307 Å². The van der Waals surface area contributed by atoms with Gasteiger partial charge in [0.1, 0.15) is 40.1 Å². The van der Waals surface area contributed by atoms with Gasteiger partial charge in [0.15, 0.2) is 0 Å². The van der Waals surface area contributed by atoms with E-state index in [9.17, 15) is 41.0 Å². The molecule has 2 aliphatic rings. The fourth-order valence-electron chi connectivity index (χ4n) is 5.52. The van der Waals surface area contributed by atoms with Crippen LogP contribution in [0.5, 0.6) is 34.5 Å². The number of aromatic carboxylic acids is 1. The van der Waals surface area contributed by atoms with Crippen molar-refractivity contribution < 1.29 is 60.0 Å². The molecular formula is C36H27Cl3F6O7. The molecule has 0 bridgehead atoms. The summed E-state index contributed by atoms with van der Waals surface area (Å²) in [4.78, 5) is 23.5. The Hall–Kier alpha value is -4.33. The zero-order valence-electron chi connectivity index (χ0n) is 27.1. The van der Waals surface area contributed by atoms with E-state index in [1.165, 1.54) is 12.1 Å². The van der Waals surface area contributed by atoms with E-state index in [1.807, 2.05) is 12.1 Å². The van der Waals surface area contributed by atoms with Crippen molar-refractivity contribution >= 4 is 46.0 Å². The van der Waals surface area contributed by atoms with E-state index in [2.05, 4.69) is 9.47 Å². The van der Waals surface area contributed by atoms with Crippen LogP contribution in [-0.4, -0.2) is 29.0 Å². The standard InChI is InChI=1S/C18H13Cl2F3O3.C18H14ClF3O4/c1-9-12(10-2-3-10)5-7-15(16(9)17(20)24)25-14-6-4-11(8-13(14)19)26-18(21,22)23;1-9-12(10-2-3-10)5-7-15(16(9)17(23)24)25-14-6-4-11(8-13(14)19)26-18(20,21)22/h4-8,10H,2-3H2,1H3;4-8,10H,2-3H2,1H3,(H,23,24). The molecule has 0 amide bonds. The summed E-state index contributed by atoms with van der Waals surface area (Å²) in [6.07, 6.45) is -5.50. The second-order valence-corrected chi connectivity index (χ2v) is 13.1. The minimum absolute atomic E-state index is 0.0149. The van der Waals surface area contributed by atoms with Crippen molar-refractivity contribution in [1.82, 2.24) is 0 Å². The number of rotatable bonds is 10. The van der Waals surface area contributed by atoms with Crippen molar-refractivity contribution in [2.75, 3.05) is 0 Å². The highest BCUT2D eigenvalue weighted by Crippen LogP contribution is 2.46. The van der Waals surface area contributed by atoms with Gasteiger partial charge in [-0.2, -0.15) is 0 Å². The lowest BCUT2D eigenvalue weighted by molar-refractivity contribution is -0.275. The van der Waals surface area contributed by atoms with E-state index in [1.54, 1.807) is 26.0 Å². The lowest BCUT2D eigenvalue weighted by Gasteiger charge is -2.16. The van der Waals surface area contributed by atoms with Crippen LogP contribution in [0.1, 0.15) is 80.5 Å². The van der Waals surface area contributed by atoms with E-state index in [-0.39, 0.29) is 44.2 Å². The second-order valence-electron chi connectivity index (χ2n) is 11.9. The molecule has 0 radical (unpaired) electrons. The Morgan fingerprint density at radius 2 is 1.00 bits per heavy atom. The van der Waals surface area contributed by atoms with Gasteiger partial charge in [0.2, 0.25) is 0 Å². The monoisotopic (exact) mass is 790 g/mol. The maximum atomic E-state index is 12.3. The van der Waals surface area contributed by atoms with E-state index < -0.39 is 35.4 Å². The average molecular weight is 792 g/mol. The highest BCUT2D eigenvalue weighted by atomic mass is 35.5. The summed E-state index contributed by atoms with van der Waals surface area (Å²) in [5.74, 6) is -0.943. The molecule has 0 atom stereocenters. The first-order valence-corrected chi connectivity index (χ1v) is 16.6. The van der Waals surface area contributed by atoms with Gasteiger partial charge in [-0.1, -0.05) is 35.3 Å². The summed E-state index contributed by atoms with van der Waals surface area (Å²) in [5.41, 5.74) is 3.60. The molecule has 0 aliphatic heterocycles. The van der Waals surface area contributed by atoms with Gasteiger partial charge in [0.05, 0.1) is 15.6 Å². The molecule has 4 aromatic rings. The minimum Gasteiger partial charge on any atom is -0.478 e. The predicted molar refractivity (Wildman–Crippen MR) is 180 cm³/mol. The quantitative estimate of drug-likeness (QED) is 0.126. The first-order chi connectivity index (χ1) is 24.3. The number of hydrogen-bond acceptors (Lipinski definition) is 6. The van der Waals surface area contributed by atoms with Crippen LogP contribution in [0.25, 0.3) is 0 Å². The van der Waals surface area contributed by atoms with Crippen molar-refractivity contribution in [3.63, 3.8) is 0 Å². The normalized spacial score (nSPS) is 14.2. The lowest BCUT2D eigenvalue weighted by atomic mass is 9.98. The van der Waals surface area contributed by atoms with Crippen LogP contribution in [0.15, 0.2) is 60.7 Å². The zero-order valence-corrected chi connectivity index (χ0v) is 29.3. The SMILES string of the molecule is Cc1c(C2CC2)ccc(Oc2ccc(OC(F)(F)F)cc2Cl)c1C(=O)Cl.Cc1c(C2CC2)ccc(Oc2ccc(OC(F)(F)F)cc2Cl)c1C(=O)O. The molecular weight excluding hydrogens is 765 g/mol. The molecule has 1 N–H and O–H groups in total. The Morgan fingerprint density at radius 1 is 0.635 bits per heavy atom. The molecule has 16 heteroatoms. The molecule has 2 saturated carbocycles. The molecule has 0 unspecified atom stereocenters. The van der Waals surface area contributed by atoms with Gasteiger partial charge in [0, 0.05) is 12.1 Å². The Balaban J connectivity index is 0.000000201. The molecule has 2 fully saturated rings. The number of halogens is 9. The van der Waals surface area contributed by atoms with Crippen LogP contribution >= 0.6 is 34.8 Å². The van der Waals surface area contributed by atoms with Gasteiger partial charge in [-0.15, -0.1) is 26.3 Å². The molecule has 4 aromatic carbocycles. The van der Waals surface area contributed by atoms with Gasteiger partial charge in [-0.05, 0) is 122 Å². The third-order valence-corrected chi connectivity index (χ3v) is 8.88. The number of hydrogen-bond donors (Lipinski definition) is 1. The van der Waals surface area contributed by atoms with Crippen molar-refractivity contribution in [2.45, 2.75) is 64.1 Å². The van der Waals surface area contributed by atoms with Crippen molar-refractivity contribution in [3.05, 3.63) is 104 Å². The predicted octanol–water partition coefficient (Wildman–Crippen LogP) is 12.5. The number of alkyl halides is 6. The molecule has 0 saturated heterocycles. The van der Waals surface area contributed by atoms with Crippen LogP contribution in [0, 0.1) is 13.8 Å². The summed E-state index contributed by atoms with van der Waals surface area (Å²) in [6, 6.07) is 13.3. The highest BCUT2D eigenvalue weighted by molar-refractivity contribution is 6.68. The molecule has 7 nitrogen and oxygen atoms in total. The molecule has 2 aliphatic carbocycles. The van der Waals surface area contributed by atoms with Crippen LogP contribution in [-0.2, 0) is 0 Å². The van der Waals surface area contributed by atoms with Crippen LogP contribution < -0.4 is 18.9 Å². The summed E-state index contributed by atoms with van der Waals surface area (Å²) < 4.78 is 92.4. The minimum atomic E-state index is -4.84. The van der Waals surface area contributed by atoms with Crippen LogP contribution in [0.2, 0.25) is 10.0 Å². The Bertz CT molecular complexity index is 1870. The Morgan fingerprint density at radius 3 is 1.33 bits per heavy atom.